The van der Waals surface area contributed by atoms with E-state index in [1.165, 1.54) is 11.3 Å². The van der Waals surface area contributed by atoms with Crippen molar-refractivity contribution in [2.24, 2.45) is 4.99 Å². The highest BCUT2D eigenvalue weighted by molar-refractivity contribution is 5.62. The molecule has 0 aliphatic carbocycles. The first kappa shape index (κ1) is 12.4. The minimum Gasteiger partial charge on any atom is -0.361 e. The second kappa shape index (κ2) is 4.81. The van der Waals surface area contributed by atoms with Gasteiger partial charge in [0.15, 0.2) is 0 Å². The van der Waals surface area contributed by atoms with Gasteiger partial charge >= 0.3 is 0 Å². The smallest absolute Gasteiger partial charge is 0.133 e. The van der Waals surface area contributed by atoms with E-state index in [0.717, 1.165) is 37.6 Å². The van der Waals surface area contributed by atoms with Crippen molar-refractivity contribution < 1.29 is 4.52 Å². The van der Waals surface area contributed by atoms with E-state index in [2.05, 4.69) is 33.8 Å². The van der Waals surface area contributed by atoms with Crippen LogP contribution in [0.3, 0.4) is 0 Å². The molecule has 102 valence electrons. The molecule has 3 rings (SSSR count). The monoisotopic (exact) mass is 260 g/mol. The van der Waals surface area contributed by atoms with Crippen molar-refractivity contribution in [2.75, 3.05) is 19.6 Å². The predicted molar refractivity (Wildman–Crippen MR) is 73.9 cm³/mol. The van der Waals surface area contributed by atoms with Gasteiger partial charge in [0, 0.05) is 37.9 Å². The van der Waals surface area contributed by atoms with E-state index in [-0.39, 0.29) is 0 Å². The Morgan fingerprint density at radius 3 is 2.95 bits per heavy atom. The maximum Gasteiger partial charge on any atom is 0.133 e. The molecule has 0 aromatic carbocycles. The first-order chi connectivity index (χ1) is 9.13. The molecule has 1 atom stereocenters. The van der Waals surface area contributed by atoms with Crippen LogP contribution in [0.25, 0.3) is 0 Å². The summed E-state index contributed by atoms with van der Waals surface area (Å²) in [5, 5.41) is 4.08. The average Bonchev–Trinajstić information content (AvgIpc) is 2.80. The molecule has 0 amide bonds. The van der Waals surface area contributed by atoms with Gasteiger partial charge in [-0.15, -0.1) is 0 Å². The van der Waals surface area contributed by atoms with Crippen LogP contribution in [0.2, 0.25) is 0 Å². The SMILES string of the molecule is CC1=C2CN(Cc3cc(C)on3)CCN2C=N[C@H]1C. The van der Waals surface area contributed by atoms with Crippen LogP contribution < -0.4 is 0 Å². The maximum atomic E-state index is 5.13. The molecule has 0 saturated carbocycles. The number of fused-ring (bicyclic) bond motifs is 1. The summed E-state index contributed by atoms with van der Waals surface area (Å²) in [4.78, 5) is 9.20. The molecule has 0 bridgehead atoms. The van der Waals surface area contributed by atoms with E-state index < -0.39 is 0 Å². The predicted octanol–water partition coefficient (Wildman–Crippen LogP) is 1.81. The fourth-order valence-corrected chi connectivity index (χ4v) is 2.63. The quantitative estimate of drug-likeness (QED) is 0.813. The molecule has 0 radical (unpaired) electrons. The van der Waals surface area contributed by atoms with Gasteiger partial charge in [-0.1, -0.05) is 5.16 Å². The zero-order chi connectivity index (χ0) is 13.4. The second-order valence-electron chi connectivity index (χ2n) is 5.40. The number of aliphatic imine (C=N–C) groups is 1. The van der Waals surface area contributed by atoms with Gasteiger partial charge in [0.25, 0.3) is 0 Å². The van der Waals surface area contributed by atoms with Gasteiger partial charge in [0.1, 0.15) is 5.76 Å². The Balaban J connectivity index is 1.72. The van der Waals surface area contributed by atoms with Gasteiger partial charge in [-0.2, -0.15) is 0 Å². The molecule has 0 unspecified atom stereocenters. The second-order valence-corrected chi connectivity index (χ2v) is 5.40. The van der Waals surface area contributed by atoms with Gasteiger partial charge in [-0.25, -0.2) is 0 Å². The van der Waals surface area contributed by atoms with Crippen LogP contribution >= 0.6 is 0 Å². The highest BCUT2D eigenvalue weighted by atomic mass is 16.5. The number of hydrogen-bond acceptors (Lipinski definition) is 5. The van der Waals surface area contributed by atoms with E-state index >= 15 is 0 Å². The number of aromatic nitrogens is 1. The number of hydrogen-bond donors (Lipinski definition) is 0. The van der Waals surface area contributed by atoms with Crippen molar-refractivity contribution in [3.05, 3.63) is 28.8 Å². The fraction of sp³-hybridized carbons (Fsp3) is 0.571. The van der Waals surface area contributed by atoms with Gasteiger partial charge in [0.05, 0.1) is 18.1 Å². The molecule has 19 heavy (non-hydrogen) atoms. The Kier molecular flexibility index (Phi) is 3.14. The normalized spacial score (nSPS) is 23.9. The minimum absolute atomic E-state index is 0.306. The van der Waals surface area contributed by atoms with Crippen LogP contribution in [0.1, 0.15) is 25.3 Å². The third kappa shape index (κ3) is 2.42. The van der Waals surface area contributed by atoms with Crippen molar-refractivity contribution in [3.8, 4) is 0 Å². The lowest BCUT2D eigenvalue weighted by Gasteiger charge is -2.39. The highest BCUT2D eigenvalue weighted by Gasteiger charge is 2.26. The van der Waals surface area contributed by atoms with Crippen LogP contribution in [0, 0.1) is 6.92 Å². The average molecular weight is 260 g/mol. The van der Waals surface area contributed by atoms with Gasteiger partial charge in [-0.3, -0.25) is 9.89 Å². The number of nitrogens with zero attached hydrogens (tertiary/aromatic N) is 4. The highest BCUT2D eigenvalue weighted by Crippen LogP contribution is 2.23. The minimum atomic E-state index is 0.306. The van der Waals surface area contributed by atoms with Crippen molar-refractivity contribution in [2.45, 2.75) is 33.4 Å². The Morgan fingerprint density at radius 1 is 1.37 bits per heavy atom. The summed E-state index contributed by atoms with van der Waals surface area (Å²) in [5.41, 5.74) is 3.79. The summed E-state index contributed by atoms with van der Waals surface area (Å²) in [6.07, 6.45) is 1.99. The Bertz CT molecular complexity index is 531. The molecule has 1 aromatic rings. The summed E-state index contributed by atoms with van der Waals surface area (Å²) >= 11 is 0. The molecule has 3 heterocycles. The molecule has 1 aromatic heterocycles. The van der Waals surface area contributed by atoms with Crippen molar-refractivity contribution >= 4 is 6.34 Å². The molecule has 2 aliphatic heterocycles. The first-order valence-corrected chi connectivity index (χ1v) is 6.77. The third-order valence-electron chi connectivity index (χ3n) is 3.95. The first-order valence-electron chi connectivity index (χ1n) is 6.77. The molecular weight excluding hydrogens is 240 g/mol. The zero-order valence-corrected chi connectivity index (χ0v) is 11.8. The third-order valence-corrected chi connectivity index (χ3v) is 3.95. The summed E-state index contributed by atoms with van der Waals surface area (Å²) in [6.45, 7) is 10.1. The van der Waals surface area contributed by atoms with E-state index in [1.807, 2.05) is 19.3 Å². The van der Waals surface area contributed by atoms with Crippen LogP contribution in [-0.2, 0) is 6.54 Å². The van der Waals surface area contributed by atoms with Crippen LogP contribution in [0.5, 0.6) is 0 Å². The van der Waals surface area contributed by atoms with Crippen molar-refractivity contribution in [1.82, 2.24) is 15.0 Å². The standard InChI is InChI=1S/C14H20N4O/c1-10-6-13(16-19-10)7-17-4-5-18-9-15-12(3)11(2)14(18)8-17/h6,9,12H,4-5,7-8H2,1-3H3/t12-/m0/s1. The molecule has 1 saturated heterocycles. The fourth-order valence-electron chi connectivity index (χ4n) is 2.63. The summed E-state index contributed by atoms with van der Waals surface area (Å²) in [6, 6.07) is 2.32. The van der Waals surface area contributed by atoms with E-state index in [9.17, 15) is 0 Å². The zero-order valence-electron chi connectivity index (χ0n) is 11.8. The molecule has 2 aliphatic rings. The molecule has 0 N–H and O–H groups in total. The number of piperazine rings is 1. The molecule has 1 fully saturated rings. The van der Waals surface area contributed by atoms with E-state index in [0.29, 0.717) is 6.04 Å². The lowest BCUT2D eigenvalue weighted by molar-refractivity contribution is 0.205. The lowest BCUT2D eigenvalue weighted by Crippen LogP contribution is -2.46. The number of aryl methyl sites for hydroxylation is 1. The van der Waals surface area contributed by atoms with Crippen molar-refractivity contribution in [1.29, 1.82) is 0 Å². The van der Waals surface area contributed by atoms with E-state index in [4.69, 9.17) is 4.52 Å². The van der Waals surface area contributed by atoms with Gasteiger partial charge in [0.2, 0.25) is 0 Å². The van der Waals surface area contributed by atoms with Gasteiger partial charge < -0.3 is 9.42 Å². The van der Waals surface area contributed by atoms with Crippen LogP contribution in [0.4, 0.5) is 0 Å². The van der Waals surface area contributed by atoms with Crippen molar-refractivity contribution in [3.63, 3.8) is 0 Å². The van der Waals surface area contributed by atoms with E-state index in [1.54, 1.807) is 0 Å². The Hall–Kier alpha value is -1.62. The van der Waals surface area contributed by atoms with Crippen LogP contribution in [0.15, 0.2) is 26.9 Å². The largest absolute Gasteiger partial charge is 0.361 e. The summed E-state index contributed by atoms with van der Waals surface area (Å²) in [7, 11) is 0. The topological polar surface area (TPSA) is 44.9 Å². The lowest BCUT2D eigenvalue weighted by atomic mass is 10.0. The summed E-state index contributed by atoms with van der Waals surface area (Å²) in [5.74, 6) is 0.877. The Labute approximate surface area is 113 Å². The molecule has 5 nitrogen and oxygen atoms in total. The summed E-state index contributed by atoms with van der Waals surface area (Å²) < 4.78 is 5.13. The molecular formula is C14H20N4O. The Morgan fingerprint density at radius 2 is 2.21 bits per heavy atom. The van der Waals surface area contributed by atoms with Crippen LogP contribution in [-0.4, -0.2) is 47.0 Å². The molecule has 5 heteroatoms. The van der Waals surface area contributed by atoms with Gasteiger partial charge in [-0.05, 0) is 26.3 Å². The molecule has 0 spiro atoms. The maximum absolute atomic E-state index is 5.13. The number of rotatable bonds is 2.